The molecule has 0 aromatic rings. The predicted octanol–water partition coefficient (Wildman–Crippen LogP) is 2.16. The lowest BCUT2D eigenvalue weighted by Gasteiger charge is -2.16. The Morgan fingerprint density at radius 3 is 2.22 bits per heavy atom. The summed E-state index contributed by atoms with van der Waals surface area (Å²) in [6, 6.07) is 0.431. The van der Waals surface area contributed by atoms with Gasteiger partial charge in [-0.25, -0.2) is 0 Å². The summed E-state index contributed by atoms with van der Waals surface area (Å²) in [7, 11) is 0. The number of nitrogens with two attached hydrogens (primary N) is 1. The maximum atomic E-state index is 5.84. The van der Waals surface area contributed by atoms with Crippen LogP contribution in [0.3, 0.4) is 0 Å². The highest BCUT2D eigenvalue weighted by Gasteiger charge is 2.07. The van der Waals surface area contributed by atoms with Crippen LogP contribution in [0.1, 0.15) is 40.0 Å². The highest BCUT2D eigenvalue weighted by molar-refractivity contribution is 4.66. The molecule has 0 amide bonds. The first-order chi connectivity index (χ1) is 4.22. The minimum atomic E-state index is 0.431. The van der Waals surface area contributed by atoms with E-state index in [-0.39, 0.29) is 0 Å². The molecule has 2 atom stereocenters. The van der Waals surface area contributed by atoms with E-state index >= 15 is 0 Å². The van der Waals surface area contributed by atoms with E-state index in [1.165, 1.54) is 19.3 Å². The second-order valence-electron chi connectivity index (χ2n) is 2.84. The second-order valence-corrected chi connectivity index (χ2v) is 2.84. The van der Waals surface area contributed by atoms with Gasteiger partial charge in [-0.3, -0.25) is 0 Å². The van der Waals surface area contributed by atoms with Crippen molar-refractivity contribution in [2.75, 3.05) is 0 Å². The number of hydrogen-bond donors (Lipinski definition) is 1. The molecule has 0 spiro atoms. The van der Waals surface area contributed by atoms with Gasteiger partial charge in [0.2, 0.25) is 0 Å². The van der Waals surface area contributed by atoms with Crippen molar-refractivity contribution in [1.82, 2.24) is 0 Å². The molecule has 0 saturated heterocycles. The summed E-state index contributed by atoms with van der Waals surface area (Å²) in [5.41, 5.74) is 5.84. The lowest BCUT2D eigenvalue weighted by Crippen LogP contribution is -2.27. The van der Waals surface area contributed by atoms with Crippen LogP contribution in [0, 0.1) is 5.92 Å². The molecule has 0 bridgehead atoms. The maximum Gasteiger partial charge on any atom is 0.00643 e. The van der Waals surface area contributed by atoms with Crippen molar-refractivity contribution in [3.63, 3.8) is 0 Å². The molecule has 9 heavy (non-hydrogen) atoms. The van der Waals surface area contributed by atoms with Gasteiger partial charge in [0.1, 0.15) is 0 Å². The highest BCUT2D eigenvalue weighted by atomic mass is 14.6. The lowest BCUT2D eigenvalue weighted by atomic mass is 9.96. The normalized spacial score (nSPS) is 17.3. The topological polar surface area (TPSA) is 26.0 Å². The first-order valence-corrected chi connectivity index (χ1v) is 3.97. The Morgan fingerprint density at radius 2 is 1.89 bits per heavy atom. The van der Waals surface area contributed by atoms with Crippen LogP contribution in [0.2, 0.25) is 0 Å². The average Bonchev–Trinajstić information content (AvgIpc) is 1.87. The van der Waals surface area contributed by atoms with E-state index in [0.717, 1.165) is 0 Å². The molecule has 0 aliphatic rings. The van der Waals surface area contributed by atoms with Gasteiger partial charge in [-0.15, -0.1) is 0 Å². The van der Waals surface area contributed by atoms with E-state index in [0.29, 0.717) is 12.0 Å². The van der Waals surface area contributed by atoms with Gasteiger partial charge in [0.15, 0.2) is 0 Å². The van der Waals surface area contributed by atoms with Crippen LogP contribution >= 0.6 is 0 Å². The molecule has 1 unspecified atom stereocenters. The lowest BCUT2D eigenvalue weighted by molar-refractivity contribution is 0.417. The van der Waals surface area contributed by atoms with Gasteiger partial charge in [-0.1, -0.05) is 33.6 Å². The Morgan fingerprint density at radius 1 is 1.33 bits per heavy atom. The van der Waals surface area contributed by atoms with E-state index in [9.17, 15) is 0 Å². The van der Waals surface area contributed by atoms with Crippen LogP contribution in [0.4, 0.5) is 0 Å². The minimum absolute atomic E-state index is 0.431. The number of rotatable bonds is 4. The van der Waals surface area contributed by atoms with E-state index in [2.05, 4.69) is 20.8 Å². The van der Waals surface area contributed by atoms with E-state index in [1.807, 2.05) is 0 Å². The molecule has 0 aromatic heterocycles. The quantitative estimate of drug-likeness (QED) is 0.618. The first kappa shape index (κ1) is 8.96. The smallest absolute Gasteiger partial charge is 0.00643 e. The summed E-state index contributed by atoms with van der Waals surface area (Å²) in [5.74, 6) is 0.699. The fourth-order valence-corrected chi connectivity index (χ4v) is 0.921. The summed E-state index contributed by atoms with van der Waals surface area (Å²) >= 11 is 0. The fraction of sp³-hybridized carbons (Fsp3) is 1.00. The van der Waals surface area contributed by atoms with E-state index in [4.69, 9.17) is 5.73 Å². The summed E-state index contributed by atoms with van der Waals surface area (Å²) in [5, 5.41) is 0. The predicted molar refractivity (Wildman–Crippen MR) is 42.3 cm³/mol. The molecule has 0 aromatic carbocycles. The molecular formula is C8H19N. The molecule has 2 N–H and O–H groups in total. The van der Waals surface area contributed by atoms with Crippen molar-refractivity contribution < 1.29 is 0 Å². The second kappa shape index (κ2) is 4.80. The summed E-state index contributed by atoms with van der Waals surface area (Å²) in [4.78, 5) is 0. The molecule has 0 aliphatic carbocycles. The molecule has 1 nitrogen and oxygen atoms in total. The molecule has 0 heterocycles. The third kappa shape index (κ3) is 3.52. The van der Waals surface area contributed by atoms with Crippen molar-refractivity contribution >= 4 is 0 Å². The summed E-state index contributed by atoms with van der Waals surface area (Å²) in [6.07, 6.45) is 3.60. The Hall–Kier alpha value is -0.0400. The third-order valence-electron chi connectivity index (χ3n) is 2.00. The van der Waals surface area contributed by atoms with Gasteiger partial charge in [0.25, 0.3) is 0 Å². The molecular weight excluding hydrogens is 110 g/mol. The van der Waals surface area contributed by atoms with Gasteiger partial charge in [-0.2, -0.15) is 0 Å². The van der Waals surface area contributed by atoms with Crippen LogP contribution < -0.4 is 5.73 Å². The Bertz CT molecular complexity index is 61.6. The zero-order valence-electron chi connectivity index (χ0n) is 6.85. The molecule has 0 radical (unpaired) electrons. The van der Waals surface area contributed by atoms with Crippen LogP contribution in [-0.4, -0.2) is 6.04 Å². The highest BCUT2D eigenvalue weighted by Crippen LogP contribution is 2.09. The fourth-order valence-electron chi connectivity index (χ4n) is 0.921. The van der Waals surface area contributed by atoms with E-state index < -0.39 is 0 Å². The molecule has 0 saturated carbocycles. The first-order valence-electron chi connectivity index (χ1n) is 3.97. The molecule has 56 valence electrons. The van der Waals surface area contributed by atoms with Crippen molar-refractivity contribution in [2.24, 2.45) is 11.7 Å². The summed E-state index contributed by atoms with van der Waals surface area (Å²) < 4.78 is 0. The van der Waals surface area contributed by atoms with Crippen LogP contribution in [0.25, 0.3) is 0 Å². The maximum absolute atomic E-state index is 5.84. The standard InChI is InChI=1S/C8H19N/c1-4-6-8(9)7(3)5-2/h7-8H,4-6,9H2,1-3H3/t7-,8?/m0/s1. The van der Waals surface area contributed by atoms with Gasteiger partial charge in [0, 0.05) is 6.04 Å². The SMILES string of the molecule is CCCC(N)[C@@H](C)CC. The van der Waals surface area contributed by atoms with Crippen molar-refractivity contribution in [1.29, 1.82) is 0 Å². The average molecular weight is 129 g/mol. The number of hydrogen-bond acceptors (Lipinski definition) is 1. The molecule has 1 heteroatoms. The van der Waals surface area contributed by atoms with Gasteiger partial charge < -0.3 is 5.73 Å². The van der Waals surface area contributed by atoms with E-state index in [1.54, 1.807) is 0 Å². The Labute approximate surface area is 58.6 Å². The van der Waals surface area contributed by atoms with Crippen molar-refractivity contribution in [2.45, 2.75) is 46.1 Å². The Balaban J connectivity index is 3.32. The van der Waals surface area contributed by atoms with Gasteiger partial charge in [0.05, 0.1) is 0 Å². The zero-order chi connectivity index (χ0) is 7.28. The summed E-state index contributed by atoms with van der Waals surface area (Å²) in [6.45, 7) is 6.60. The van der Waals surface area contributed by atoms with Gasteiger partial charge >= 0.3 is 0 Å². The largest absolute Gasteiger partial charge is 0.327 e. The minimum Gasteiger partial charge on any atom is -0.327 e. The van der Waals surface area contributed by atoms with Crippen molar-refractivity contribution in [3.05, 3.63) is 0 Å². The van der Waals surface area contributed by atoms with Crippen LogP contribution in [0.15, 0.2) is 0 Å². The Kier molecular flexibility index (Phi) is 4.78. The monoisotopic (exact) mass is 129 g/mol. The third-order valence-corrected chi connectivity index (χ3v) is 2.00. The van der Waals surface area contributed by atoms with Crippen molar-refractivity contribution in [3.8, 4) is 0 Å². The van der Waals surface area contributed by atoms with Crippen LogP contribution in [-0.2, 0) is 0 Å². The molecule has 0 fully saturated rings. The van der Waals surface area contributed by atoms with Gasteiger partial charge in [-0.05, 0) is 12.3 Å². The zero-order valence-corrected chi connectivity index (χ0v) is 6.85. The molecule has 0 rings (SSSR count). The van der Waals surface area contributed by atoms with Crippen LogP contribution in [0.5, 0.6) is 0 Å². The molecule has 0 aliphatic heterocycles.